The van der Waals surface area contributed by atoms with Crippen LogP contribution in [0.3, 0.4) is 0 Å². The highest BCUT2D eigenvalue weighted by Crippen LogP contribution is 2.40. The molecule has 186 valence electrons. The van der Waals surface area contributed by atoms with Crippen molar-refractivity contribution in [2.24, 2.45) is 11.3 Å². The number of nitrogens with zero attached hydrogens (tertiary/aromatic N) is 4. The van der Waals surface area contributed by atoms with Gasteiger partial charge in [0, 0.05) is 28.8 Å². The Bertz CT molecular complexity index is 1330. The number of hydrogen-bond donors (Lipinski definition) is 1. The zero-order valence-electron chi connectivity index (χ0n) is 20.4. The second-order valence-electron chi connectivity index (χ2n) is 9.52. The van der Waals surface area contributed by atoms with Gasteiger partial charge in [0.15, 0.2) is 5.13 Å². The van der Waals surface area contributed by atoms with Gasteiger partial charge in [0.2, 0.25) is 5.91 Å². The van der Waals surface area contributed by atoms with Crippen LogP contribution >= 0.6 is 23.1 Å². The zero-order valence-corrected chi connectivity index (χ0v) is 22.0. The van der Waals surface area contributed by atoms with E-state index in [1.807, 2.05) is 6.07 Å². The smallest absolute Gasteiger partial charge is 0.269 e. The predicted molar refractivity (Wildman–Crippen MR) is 142 cm³/mol. The van der Waals surface area contributed by atoms with Crippen molar-refractivity contribution >= 4 is 39.8 Å². The highest BCUT2D eigenvalue weighted by atomic mass is 32.2. The Balaban J connectivity index is 1.39. The molecule has 1 aliphatic carbocycles. The number of nitro benzene ring substituents is 1. The van der Waals surface area contributed by atoms with Crippen LogP contribution < -0.4 is 5.32 Å². The lowest BCUT2D eigenvalue weighted by Crippen LogP contribution is -2.29. The maximum atomic E-state index is 12.6. The summed E-state index contributed by atoms with van der Waals surface area (Å²) in [4.78, 5) is 32.1. The van der Waals surface area contributed by atoms with Gasteiger partial charge in [0.1, 0.15) is 11.1 Å². The molecule has 0 aliphatic heterocycles. The van der Waals surface area contributed by atoms with Crippen molar-refractivity contribution in [1.29, 1.82) is 5.26 Å². The molecule has 1 aliphatic rings. The first-order chi connectivity index (χ1) is 17.2. The number of thiazole rings is 1. The molecule has 0 radical (unpaired) electrons. The van der Waals surface area contributed by atoms with Gasteiger partial charge in [-0.3, -0.25) is 14.9 Å². The number of hydrogen-bond acceptors (Lipinski definition) is 8. The number of nitrogens with one attached hydrogen (secondary N) is 1. The fraction of sp³-hybridized carbons (Fsp3) is 0.385. The first kappa shape index (κ1) is 25.8. The van der Waals surface area contributed by atoms with Gasteiger partial charge in [0.25, 0.3) is 5.69 Å². The van der Waals surface area contributed by atoms with Crippen LogP contribution in [0.2, 0.25) is 0 Å². The van der Waals surface area contributed by atoms with Crippen LogP contribution in [-0.4, -0.2) is 26.6 Å². The monoisotopic (exact) mass is 521 g/mol. The van der Waals surface area contributed by atoms with E-state index in [1.54, 1.807) is 17.5 Å². The highest BCUT2D eigenvalue weighted by molar-refractivity contribution is 8.00. The number of thioether (sulfide) groups is 1. The van der Waals surface area contributed by atoms with Gasteiger partial charge < -0.3 is 5.32 Å². The molecule has 0 saturated heterocycles. The summed E-state index contributed by atoms with van der Waals surface area (Å²) in [5.41, 5.74) is 4.32. The van der Waals surface area contributed by atoms with Crippen LogP contribution in [0.4, 0.5) is 10.8 Å². The van der Waals surface area contributed by atoms with Gasteiger partial charge >= 0.3 is 0 Å². The fourth-order valence-corrected chi connectivity index (χ4v) is 5.81. The van der Waals surface area contributed by atoms with Crippen molar-refractivity contribution in [3.8, 4) is 17.3 Å². The molecule has 0 fully saturated rings. The molecule has 0 saturated carbocycles. The SMILES string of the molecule is CCC(C)(C)C1CCc2nc(SCC(=O)Nc3nc(-c4ccc([N+](=O)[O-])cc4)cs3)c(C#N)cc2C1. The molecule has 36 heavy (non-hydrogen) atoms. The number of nitriles is 1. The summed E-state index contributed by atoms with van der Waals surface area (Å²) in [6.07, 6.45) is 4.02. The van der Waals surface area contributed by atoms with E-state index in [9.17, 15) is 20.2 Å². The molecule has 0 bridgehead atoms. The Hall–Kier alpha value is -3.29. The van der Waals surface area contributed by atoms with Crippen molar-refractivity contribution < 1.29 is 9.72 Å². The number of carbonyl (C=O) groups excluding carboxylic acids is 1. The molecule has 10 heteroatoms. The van der Waals surface area contributed by atoms with Gasteiger partial charge in [-0.1, -0.05) is 39.0 Å². The minimum absolute atomic E-state index is 0.0108. The topological polar surface area (TPSA) is 122 Å². The summed E-state index contributed by atoms with van der Waals surface area (Å²) in [5.74, 6) is 0.442. The average molecular weight is 522 g/mol. The Labute approximate surface area is 218 Å². The number of benzene rings is 1. The second-order valence-corrected chi connectivity index (χ2v) is 11.3. The minimum atomic E-state index is -0.451. The quantitative estimate of drug-likeness (QED) is 0.211. The fourth-order valence-electron chi connectivity index (χ4n) is 4.30. The molecule has 4 rings (SSSR count). The van der Waals surface area contributed by atoms with E-state index in [2.05, 4.69) is 37.1 Å². The predicted octanol–water partition coefficient (Wildman–Crippen LogP) is 6.26. The molecule has 2 aromatic heterocycles. The lowest BCUT2D eigenvalue weighted by molar-refractivity contribution is -0.384. The number of aryl methyl sites for hydroxylation is 1. The summed E-state index contributed by atoms with van der Waals surface area (Å²) < 4.78 is 0. The van der Waals surface area contributed by atoms with Crippen molar-refractivity contribution in [1.82, 2.24) is 9.97 Å². The van der Waals surface area contributed by atoms with Crippen LogP contribution in [0.15, 0.2) is 40.7 Å². The molecular formula is C26H27N5O3S2. The van der Waals surface area contributed by atoms with E-state index >= 15 is 0 Å². The van der Waals surface area contributed by atoms with E-state index in [4.69, 9.17) is 4.98 Å². The number of nitro groups is 1. The van der Waals surface area contributed by atoms with Gasteiger partial charge in [-0.15, -0.1) is 11.3 Å². The second kappa shape index (κ2) is 10.8. The van der Waals surface area contributed by atoms with Crippen molar-refractivity contribution in [3.63, 3.8) is 0 Å². The van der Waals surface area contributed by atoms with E-state index in [0.29, 0.717) is 27.3 Å². The van der Waals surface area contributed by atoms with Crippen molar-refractivity contribution in [3.05, 3.63) is 62.6 Å². The Morgan fingerprint density at radius 2 is 2.08 bits per heavy atom. The molecule has 3 aromatic rings. The number of non-ortho nitro benzene ring substituents is 1. The number of anilines is 1. The first-order valence-corrected chi connectivity index (χ1v) is 13.6. The summed E-state index contributed by atoms with van der Waals surface area (Å²) in [5, 5.41) is 26.1. The van der Waals surface area contributed by atoms with Crippen LogP contribution in [0.1, 0.15) is 50.4 Å². The van der Waals surface area contributed by atoms with E-state index < -0.39 is 4.92 Å². The zero-order chi connectivity index (χ0) is 25.9. The number of fused-ring (bicyclic) bond motifs is 1. The maximum absolute atomic E-state index is 12.6. The Kier molecular flexibility index (Phi) is 7.71. The van der Waals surface area contributed by atoms with Gasteiger partial charge in [-0.25, -0.2) is 9.97 Å². The molecule has 2 heterocycles. The maximum Gasteiger partial charge on any atom is 0.269 e. The van der Waals surface area contributed by atoms with Gasteiger partial charge in [-0.2, -0.15) is 5.26 Å². The Morgan fingerprint density at radius 3 is 2.75 bits per heavy atom. The number of aromatic nitrogens is 2. The number of amides is 1. The van der Waals surface area contributed by atoms with Crippen LogP contribution in [0.25, 0.3) is 11.3 Å². The molecule has 1 amide bonds. The molecule has 1 N–H and O–H groups in total. The first-order valence-electron chi connectivity index (χ1n) is 11.8. The number of pyridine rings is 1. The average Bonchev–Trinajstić information content (AvgIpc) is 3.34. The summed E-state index contributed by atoms with van der Waals surface area (Å²) in [6, 6.07) is 10.3. The standard InChI is InChI=1S/C26H27N5O3S2/c1-4-26(2,3)19-7-10-21-17(12-19)11-18(13-27)24(28-21)35-15-23(32)30-25-29-22(14-36-25)16-5-8-20(9-6-16)31(33)34/h5-6,8-9,11,14,19H,4,7,10,12,15H2,1-3H3,(H,29,30,32). The van der Waals surface area contributed by atoms with Gasteiger partial charge in [0.05, 0.1) is 21.9 Å². The van der Waals surface area contributed by atoms with E-state index in [-0.39, 0.29) is 22.8 Å². The molecule has 8 nitrogen and oxygen atoms in total. The molecular weight excluding hydrogens is 494 g/mol. The summed E-state index contributed by atoms with van der Waals surface area (Å²) in [7, 11) is 0. The minimum Gasteiger partial charge on any atom is -0.301 e. The third-order valence-electron chi connectivity index (χ3n) is 6.95. The highest BCUT2D eigenvalue weighted by Gasteiger charge is 2.32. The largest absolute Gasteiger partial charge is 0.301 e. The number of rotatable bonds is 8. The van der Waals surface area contributed by atoms with Crippen molar-refractivity contribution in [2.45, 2.75) is 51.5 Å². The van der Waals surface area contributed by atoms with Crippen LogP contribution in [0.5, 0.6) is 0 Å². The van der Waals surface area contributed by atoms with Crippen molar-refractivity contribution in [2.75, 3.05) is 11.1 Å². The normalized spacial score (nSPS) is 15.1. The molecule has 1 unspecified atom stereocenters. The lowest BCUT2D eigenvalue weighted by atomic mass is 9.69. The summed E-state index contributed by atoms with van der Waals surface area (Å²) >= 11 is 2.54. The third kappa shape index (κ3) is 5.74. The molecule has 1 atom stereocenters. The van der Waals surface area contributed by atoms with Crippen LogP contribution in [-0.2, 0) is 17.6 Å². The van der Waals surface area contributed by atoms with Crippen LogP contribution in [0, 0.1) is 32.8 Å². The van der Waals surface area contributed by atoms with Gasteiger partial charge in [-0.05, 0) is 54.4 Å². The lowest BCUT2D eigenvalue weighted by Gasteiger charge is -2.37. The Morgan fingerprint density at radius 1 is 1.33 bits per heavy atom. The molecule has 1 aromatic carbocycles. The number of carbonyl (C=O) groups is 1. The molecule has 0 spiro atoms. The van der Waals surface area contributed by atoms with E-state index in [0.717, 1.165) is 42.5 Å². The summed E-state index contributed by atoms with van der Waals surface area (Å²) in [6.45, 7) is 6.84. The third-order valence-corrected chi connectivity index (χ3v) is 8.70. The van der Waals surface area contributed by atoms with E-state index in [1.165, 1.54) is 35.2 Å².